The first-order valence-electron chi connectivity index (χ1n) is 15.9. The summed E-state index contributed by atoms with van der Waals surface area (Å²) in [7, 11) is 2.02. The Labute approximate surface area is 275 Å². The molecule has 47 heavy (non-hydrogen) atoms. The lowest BCUT2D eigenvalue weighted by Crippen LogP contribution is -2.49. The van der Waals surface area contributed by atoms with Gasteiger partial charge >= 0.3 is 0 Å². The molecule has 246 valence electrons. The largest absolute Gasteiger partial charge is 0.486 e. The molecule has 0 saturated heterocycles. The summed E-state index contributed by atoms with van der Waals surface area (Å²) >= 11 is 0. The zero-order valence-corrected chi connectivity index (χ0v) is 27.3. The number of aryl methyl sites for hydroxylation is 1. The van der Waals surface area contributed by atoms with Crippen LogP contribution >= 0.6 is 0 Å². The molecule has 5 rings (SSSR count). The molecule has 1 heterocycles. The summed E-state index contributed by atoms with van der Waals surface area (Å²) in [5.41, 5.74) is 3.62. The number of nitrogens with zero attached hydrogens (tertiary/aromatic N) is 2. The van der Waals surface area contributed by atoms with Crippen molar-refractivity contribution in [3.05, 3.63) is 119 Å². The van der Waals surface area contributed by atoms with Crippen molar-refractivity contribution >= 4 is 17.5 Å². The topological polar surface area (TPSA) is 91.3 Å². The first-order valence-corrected chi connectivity index (χ1v) is 15.9. The number of nitrogens with one attached hydrogen (secondary N) is 1. The van der Waals surface area contributed by atoms with Crippen LogP contribution in [-0.2, 0) is 17.8 Å². The third-order valence-electron chi connectivity index (χ3n) is 8.37. The fraction of sp³-hybridized carbons (Fsp3) is 0.316. The van der Waals surface area contributed by atoms with E-state index in [2.05, 4.69) is 10.2 Å². The number of carbonyl (C=O) groups is 2. The van der Waals surface area contributed by atoms with Crippen LogP contribution in [0.25, 0.3) is 0 Å². The normalized spacial score (nSPS) is 16.9. The first kappa shape index (κ1) is 33.6. The number of carbonyl (C=O) groups excluding carboxylic acids is 2. The molecule has 3 atom stereocenters. The molecular formula is C38H42FN3O5. The number of likely N-dealkylation sites (N-methyl/N-ethyl adjacent to an activating group) is 1. The smallest absolute Gasteiger partial charge is 0.258 e. The number of hydrogen-bond acceptors (Lipinski definition) is 6. The molecule has 0 saturated carbocycles. The molecule has 2 N–H and O–H groups in total. The van der Waals surface area contributed by atoms with Crippen molar-refractivity contribution in [3.8, 4) is 17.2 Å². The Bertz CT molecular complexity index is 1660. The highest BCUT2D eigenvalue weighted by atomic mass is 19.1. The highest BCUT2D eigenvalue weighted by Gasteiger charge is 2.34. The van der Waals surface area contributed by atoms with Crippen molar-refractivity contribution in [2.75, 3.05) is 32.1 Å². The maximum absolute atomic E-state index is 13.8. The number of fused-ring (bicyclic) bond motifs is 1. The average molecular weight is 640 g/mol. The minimum atomic E-state index is -0.411. The second-order valence-electron chi connectivity index (χ2n) is 12.4. The summed E-state index contributed by atoms with van der Waals surface area (Å²) in [5, 5.41) is 12.9. The predicted molar refractivity (Wildman–Crippen MR) is 180 cm³/mol. The van der Waals surface area contributed by atoms with Crippen molar-refractivity contribution in [1.29, 1.82) is 0 Å². The number of para-hydroxylation sites is 1. The quantitative estimate of drug-likeness (QED) is 0.196. The molecule has 1 aliphatic rings. The van der Waals surface area contributed by atoms with Crippen molar-refractivity contribution in [2.24, 2.45) is 5.92 Å². The zero-order chi connectivity index (χ0) is 33.5. The van der Waals surface area contributed by atoms with Gasteiger partial charge in [0.25, 0.3) is 5.91 Å². The molecule has 0 bridgehead atoms. The molecule has 0 unspecified atom stereocenters. The average Bonchev–Trinajstić information content (AvgIpc) is 3.05. The SMILES string of the molecule is Cc1ccc(Oc2ccc(CN(C)C[C@H]3Oc4c(NC(=O)Cc5ccc(F)cc5)cccc4C(=O)N([C@@H](C)CO)C[C@H]3C)cc2)cc1. The molecule has 2 amide bonds. The molecular weight excluding hydrogens is 597 g/mol. The van der Waals surface area contributed by atoms with E-state index in [0.29, 0.717) is 42.2 Å². The Hall–Kier alpha value is -4.73. The number of rotatable bonds is 11. The number of ether oxygens (including phenoxy) is 2. The monoisotopic (exact) mass is 639 g/mol. The summed E-state index contributed by atoms with van der Waals surface area (Å²) < 4.78 is 26.0. The highest BCUT2D eigenvalue weighted by molar-refractivity contribution is 6.02. The minimum absolute atomic E-state index is 0.0307. The van der Waals surface area contributed by atoms with Gasteiger partial charge in [-0.05, 0) is 80.6 Å². The van der Waals surface area contributed by atoms with E-state index >= 15 is 0 Å². The Balaban J connectivity index is 1.33. The van der Waals surface area contributed by atoms with Crippen molar-refractivity contribution < 1.29 is 28.6 Å². The molecule has 0 spiro atoms. The summed E-state index contributed by atoms with van der Waals surface area (Å²) in [6, 6.07) is 26.4. The molecule has 0 aromatic heterocycles. The molecule has 0 radical (unpaired) electrons. The second-order valence-corrected chi connectivity index (χ2v) is 12.4. The lowest BCUT2D eigenvalue weighted by atomic mass is 9.98. The van der Waals surface area contributed by atoms with E-state index in [1.807, 2.05) is 76.3 Å². The van der Waals surface area contributed by atoms with Crippen LogP contribution in [0.4, 0.5) is 10.1 Å². The van der Waals surface area contributed by atoms with E-state index in [9.17, 15) is 19.1 Å². The second kappa shape index (κ2) is 15.2. The van der Waals surface area contributed by atoms with Gasteiger partial charge in [0.1, 0.15) is 23.4 Å². The number of benzene rings is 4. The Morgan fingerprint density at radius 2 is 1.66 bits per heavy atom. The van der Waals surface area contributed by atoms with Gasteiger partial charge in [0.05, 0.1) is 30.3 Å². The lowest BCUT2D eigenvalue weighted by Gasteiger charge is -2.38. The third-order valence-corrected chi connectivity index (χ3v) is 8.37. The third kappa shape index (κ3) is 8.75. The van der Waals surface area contributed by atoms with Crippen LogP contribution in [0.15, 0.2) is 91.0 Å². The maximum Gasteiger partial charge on any atom is 0.258 e. The van der Waals surface area contributed by atoms with Crippen LogP contribution < -0.4 is 14.8 Å². The first-order chi connectivity index (χ1) is 22.6. The summed E-state index contributed by atoms with van der Waals surface area (Å²) in [4.78, 5) is 30.7. The Morgan fingerprint density at radius 1 is 1.02 bits per heavy atom. The molecule has 9 heteroatoms. The van der Waals surface area contributed by atoms with Crippen LogP contribution in [0, 0.1) is 18.7 Å². The number of halogens is 1. The maximum atomic E-state index is 13.8. The van der Waals surface area contributed by atoms with Gasteiger partial charge < -0.3 is 24.8 Å². The molecule has 1 aliphatic heterocycles. The summed E-state index contributed by atoms with van der Waals surface area (Å²) in [5.74, 6) is 0.764. The standard InChI is InChI=1S/C38H42FN3O5/c1-25-8-16-31(17-9-25)46-32-18-12-29(13-19-32)22-41(4)23-35-26(2)21-42(27(3)24-43)38(45)33-6-5-7-34(37(33)47-35)40-36(44)20-28-10-14-30(39)15-11-28/h5-19,26-27,35,43H,20-24H2,1-4H3,(H,40,44)/t26-,27+,35-/m1/s1. The number of anilines is 1. The Kier molecular flexibility index (Phi) is 10.9. The lowest BCUT2D eigenvalue weighted by molar-refractivity contribution is -0.115. The van der Waals surface area contributed by atoms with Crippen molar-refractivity contribution in [2.45, 2.75) is 45.9 Å². The van der Waals surface area contributed by atoms with E-state index < -0.39 is 6.04 Å². The summed E-state index contributed by atoms with van der Waals surface area (Å²) in [6.45, 7) is 7.28. The van der Waals surface area contributed by atoms with Gasteiger partial charge in [0.15, 0.2) is 5.75 Å². The number of aliphatic hydroxyl groups is 1. The van der Waals surface area contributed by atoms with Gasteiger partial charge in [0.2, 0.25) is 5.91 Å². The van der Waals surface area contributed by atoms with Crippen LogP contribution in [0.2, 0.25) is 0 Å². The van der Waals surface area contributed by atoms with Crippen LogP contribution in [0.3, 0.4) is 0 Å². The molecule has 0 fully saturated rings. The summed E-state index contributed by atoms with van der Waals surface area (Å²) in [6.07, 6.45) is -0.317. The van der Waals surface area contributed by atoms with E-state index in [4.69, 9.17) is 9.47 Å². The van der Waals surface area contributed by atoms with Crippen molar-refractivity contribution in [1.82, 2.24) is 9.80 Å². The van der Waals surface area contributed by atoms with Crippen LogP contribution in [0.1, 0.15) is 40.9 Å². The Morgan fingerprint density at radius 3 is 2.32 bits per heavy atom. The van der Waals surface area contributed by atoms with Gasteiger partial charge in [-0.1, -0.05) is 55.0 Å². The zero-order valence-electron chi connectivity index (χ0n) is 27.3. The minimum Gasteiger partial charge on any atom is -0.486 e. The fourth-order valence-corrected chi connectivity index (χ4v) is 5.63. The van der Waals surface area contributed by atoms with Gasteiger partial charge in [0, 0.05) is 25.6 Å². The van der Waals surface area contributed by atoms with Crippen LogP contribution in [0.5, 0.6) is 17.2 Å². The van der Waals surface area contributed by atoms with Gasteiger partial charge in [-0.3, -0.25) is 14.5 Å². The van der Waals surface area contributed by atoms with E-state index in [0.717, 1.165) is 17.1 Å². The molecule has 0 aliphatic carbocycles. The van der Waals surface area contributed by atoms with Gasteiger partial charge in [-0.25, -0.2) is 4.39 Å². The molecule has 4 aromatic rings. The van der Waals surface area contributed by atoms with Gasteiger partial charge in [-0.2, -0.15) is 0 Å². The highest BCUT2D eigenvalue weighted by Crippen LogP contribution is 2.35. The number of amides is 2. The molecule has 4 aromatic carbocycles. The number of hydrogen-bond donors (Lipinski definition) is 2. The number of aliphatic hydroxyl groups excluding tert-OH is 1. The van der Waals surface area contributed by atoms with E-state index in [1.54, 1.807) is 35.2 Å². The van der Waals surface area contributed by atoms with Gasteiger partial charge in [-0.15, -0.1) is 0 Å². The van der Waals surface area contributed by atoms with Crippen LogP contribution in [-0.4, -0.2) is 65.6 Å². The molecule has 8 nitrogen and oxygen atoms in total. The van der Waals surface area contributed by atoms with Crippen molar-refractivity contribution in [3.63, 3.8) is 0 Å². The van der Waals surface area contributed by atoms with E-state index in [1.165, 1.54) is 17.7 Å². The fourth-order valence-electron chi connectivity index (χ4n) is 5.63. The predicted octanol–water partition coefficient (Wildman–Crippen LogP) is 6.46. The van der Waals surface area contributed by atoms with E-state index in [-0.39, 0.29) is 42.7 Å².